The Balaban J connectivity index is 2.01. The van der Waals surface area contributed by atoms with Crippen molar-refractivity contribution in [2.24, 2.45) is 11.8 Å². The van der Waals surface area contributed by atoms with E-state index in [9.17, 15) is 0 Å². The van der Waals surface area contributed by atoms with Crippen molar-refractivity contribution in [2.75, 3.05) is 0 Å². The highest BCUT2D eigenvalue weighted by molar-refractivity contribution is 5.07. The molecule has 1 radical (unpaired) electrons. The van der Waals surface area contributed by atoms with Crippen LogP contribution in [0.1, 0.15) is 39.0 Å². The number of hydrogen-bond donors (Lipinski definition) is 0. The maximum Gasteiger partial charge on any atom is -0.0210 e. The molecule has 0 aromatic carbocycles. The normalized spacial score (nSPS) is 42.3. The lowest BCUT2D eigenvalue weighted by atomic mass is 9.87. The summed E-state index contributed by atoms with van der Waals surface area (Å²) in [6.45, 7) is 2.32. The molecule has 51 valence electrons. The highest BCUT2D eigenvalue weighted by atomic mass is 14.4. The third-order valence-corrected chi connectivity index (χ3v) is 3.12. The molecule has 2 aliphatic rings. The molecule has 0 spiro atoms. The minimum absolute atomic E-state index is 1.07. The van der Waals surface area contributed by atoms with Crippen molar-refractivity contribution in [2.45, 2.75) is 39.0 Å². The Labute approximate surface area is 57.6 Å². The highest BCUT2D eigenvalue weighted by Crippen LogP contribution is 2.50. The fraction of sp³-hybridized carbons (Fsp3) is 0.889. The summed E-state index contributed by atoms with van der Waals surface area (Å²) in [5.74, 6) is 4.07. The first-order chi connectivity index (χ1) is 4.40. The third kappa shape index (κ3) is 0.798. The molecular formula is C9H15. The van der Waals surface area contributed by atoms with Gasteiger partial charge in [-0.05, 0) is 43.4 Å². The van der Waals surface area contributed by atoms with Crippen LogP contribution in [-0.2, 0) is 0 Å². The summed E-state index contributed by atoms with van der Waals surface area (Å²) in [7, 11) is 0. The lowest BCUT2D eigenvalue weighted by Gasteiger charge is -2.18. The lowest BCUT2D eigenvalue weighted by Crippen LogP contribution is -2.05. The van der Waals surface area contributed by atoms with Gasteiger partial charge in [0.05, 0.1) is 0 Å². The molecular weight excluding hydrogens is 108 g/mol. The van der Waals surface area contributed by atoms with Crippen LogP contribution in [0.25, 0.3) is 0 Å². The molecule has 2 saturated carbocycles. The van der Waals surface area contributed by atoms with Gasteiger partial charge in [-0.15, -0.1) is 0 Å². The first kappa shape index (κ1) is 5.76. The zero-order chi connectivity index (χ0) is 6.27. The van der Waals surface area contributed by atoms with Crippen LogP contribution in [-0.4, -0.2) is 0 Å². The van der Waals surface area contributed by atoms with Crippen LogP contribution < -0.4 is 0 Å². The second-order valence-corrected chi connectivity index (χ2v) is 3.59. The van der Waals surface area contributed by atoms with Gasteiger partial charge in [0.15, 0.2) is 0 Å². The van der Waals surface area contributed by atoms with Gasteiger partial charge in [0.1, 0.15) is 0 Å². The molecule has 0 aromatic rings. The van der Waals surface area contributed by atoms with E-state index in [1.54, 1.807) is 6.42 Å². The fourth-order valence-corrected chi connectivity index (χ4v) is 2.60. The van der Waals surface area contributed by atoms with E-state index in [-0.39, 0.29) is 0 Å². The van der Waals surface area contributed by atoms with Crippen molar-refractivity contribution in [3.05, 3.63) is 5.92 Å². The molecule has 2 bridgehead atoms. The predicted octanol–water partition coefficient (Wildman–Crippen LogP) is 2.79. The third-order valence-electron chi connectivity index (χ3n) is 3.12. The van der Waals surface area contributed by atoms with E-state index in [0.717, 1.165) is 11.8 Å². The molecule has 0 aromatic heterocycles. The topological polar surface area (TPSA) is 0 Å². The Hall–Kier alpha value is 0. The monoisotopic (exact) mass is 123 g/mol. The second-order valence-electron chi connectivity index (χ2n) is 3.59. The van der Waals surface area contributed by atoms with Gasteiger partial charge >= 0.3 is 0 Å². The number of fused-ring (bicyclic) bond motifs is 2. The molecule has 2 aliphatic carbocycles. The van der Waals surface area contributed by atoms with E-state index < -0.39 is 0 Å². The first-order valence-electron chi connectivity index (χ1n) is 4.24. The summed E-state index contributed by atoms with van der Waals surface area (Å²) in [4.78, 5) is 0. The summed E-state index contributed by atoms with van der Waals surface area (Å²) in [6.07, 6.45) is 7.45. The van der Waals surface area contributed by atoms with Crippen LogP contribution in [0.4, 0.5) is 0 Å². The Morgan fingerprint density at radius 3 is 2.67 bits per heavy atom. The molecule has 2 rings (SSSR count). The molecule has 0 heterocycles. The smallest absolute Gasteiger partial charge is 0.0210 e. The molecule has 2 unspecified atom stereocenters. The summed E-state index contributed by atoms with van der Waals surface area (Å²) in [5, 5.41) is 0. The fourth-order valence-electron chi connectivity index (χ4n) is 2.60. The second kappa shape index (κ2) is 2.00. The van der Waals surface area contributed by atoms with Crippen molar-refractivity contribution in [1.29, 1.82) is 0 Å². The highest BCUT2D eigenvalue weighted by Gasteiger charge is 2.38. The molecule has 0 nitrogen and oxygen atoms in total. The zero-order valence-electron chi connectivity index (χ0n) is 6.19. The summed E-state index contributed by atoms with van der Waals surface area (Å²) < 4.78 is 0. The maximum atomic E-state index is 2.32. The Kier molecular flexibility index (Phi) is 1.28. The van der Waals surface area contributed by atoms with Crippen molar-refractivity contribution in [3.63, 3.8) is 0 Å². The van der Waals surface area contributed by atoms with Crippen LogP contribution in [0.15, 0.2) is 0 Å². The van der Waals surface area contributed by atoms with Crippen molar-refractivity contribution in [1.82, 2.24) is 0 Å². The van der Waals surface area contributed by atoms with E-state index in [0.29, 0.717) is 0 Å². The zero-order valence-corrected chi connectivity index (χ0v) is 6.19. The van der Waals surface area contributed by atoms with Crippen LogP contribution in [0.3, 0.4) is 0 Å². The summed E-state index contributed by atoms with van der Waals surface area (Å²) in [6, 6.07) is 0. The van der Waals surface area contributed by atoms with E-state index in [2.05, 4.69) is 6.92 Å². The van der Waals surface area contributed by atoms with E-state index in [1.807, 2.05) is 5.92 Å². The van der Waals surface area contributed by atoms with Gasteiger partial charge in [0.2, 0.25) is 0 Å². The van der Waals surface area contributed by atoms with Gasteiger partial charge in [-0.25, -0.2) is 0 Å². The Morgan fingerprint density at radius 2 is 2.33 bits per heavy atom. The average molecular weight is 123 g/mol. The van der Waals surface area contributed by atoms with Crippen LogP contribution in [0.5, 0.6) is 0 Å². The molecule has 0 amide bonds. The van der Waals surface area contributed by atoms with E-state index in [4.69, 9.17) is 0 Å². The molecule has 0 N–H and O–H groups in total. The number of hydrogen-bond acceptors (Lipinski definition) is 0. The molecule has 0 saturated heterocycles. The van der Waals surface area contributed by atoms with Crippen molar-refractivity contribution in [3.8, 4) is 0 Å². The molecule has 9 heavy (non-hydrogen) atoms. The van der Waals surface area contributed by atoms with Crippen molar-refractivity contribution < 1.29 is 0 Å². The molecule has 2 atom stereocenters. The standard InChI is InChI=1S/C9H15/c1-2-8-5-7-3-4-9(8)6-7/h7,9H,2-6H2,1H3. The first-order valence-corrected chi connectivity index (χ1v) is 4.24. The van der Waals surface area contributed by atoms with E-state index >= 15 is 0 Å². The number of rotatable bonds is 1. The quantitative estimate of drug-likeness (QED) is 0.503. The maximum absolute atomic E-state index is 2.32. The molecule has 0 aliphatic heterocycles. The lowest BCUT2D eigenvalue weighted by molar-refractivity contribution is 0.493. The van der Waals surface area contributed by atoms with Gasteiger partial charge in [0, 0.05) is 0 Å². The predicted molar refractivity (Wildman–Crippen MR) is 39.0 cm³/mol. The molecule has 2 fully saturated rings. The summed E-state index contributed by atoms with van der Waals surface area (Å²) in [5.41, 5.74) is 0. The van der Waals surface area contributed by atoms with Crippen molar-refractivity contribution >= 4 is 0 Å². The molecule has 0 heteroatoms. The van der Waals surface area contributed by atoms with Gasteiger partial charge in [-0.2, -0.15) is 0 Å². The SMILES string of the molecule is CC[C]1CC2CCC1C2. The van der Waals surface area contributed by atoms with Crippen LogP contribution in [0, 0.1) is 17.8 Å². The van der Waals surface area contributed by atoms with Gasteiger partial charge in [-0.3, -0.25) is 0 Å². The Morgan fingerprint density at radius 1 is 1.44 bits per heavy atom. The van der Waals surface area contributed by atoms with E-state index in [1.165, 1.54) is 25.7 Å². The van der Waals surface area contributed by atoms with Crippen LogP contribution >= 0.6 is 0 Å². The average Bonchev–Trinajstić information content (AvgIpc) is 2.45. The van der Waals surface area contributed by atoms with Gasteiger partial charge in [-0.1, -0.05) is 13.3 Å². The summed E-state index contributed by atoms with van der Waals surface area (Å²) >= 11 is 0. The minimum atomic E-state index is 1.07. The van der Waals surface area contributed by atoms with Crippen LogP contribution in [0.2, 0.25) is 0 Å². The largest absolute Gasteiger partial charge is 0.0648 e. The minimum Gasteiger partial charge on any atom is -0.0648 e. The van der Waals surface area contributed by atoms with Gasteiger partial charge < -0.3 is 0 Å². The van der Waals surface area contributed by atoms with Gasteiger partial charge in [0.25, 0.3) is 0 Å². The Bertz CT molecular complexity index is 107.